The van der Waals surface area contributed by atoms with Crippen molar-refractivity contribution in [3.63, 3.8) is 0 Å². The Balaban J connectivity index is 3.22. The maximum Gasteiger partial charge on any atom is 0.325 e. The Morgan fingerprint density at radius 3 is 2.45 bits per heavy atom. The Morgan fingerprint density at radius 1 is 1.36 bits per heavy atom. The zero-order valence-electron chi connectivity index (χ0n) is 12.4. The number of carboxylic acids is 1. The van der Waals surface area contributed by atoms with E-state index in [4.69, 9.17) is 5.84 Å². The van der Waals surface area contributed by atoms with Gasteiger partial charge in [0.2, 0.25) is 0 Å². The molecule has 0 spiro atoms. The van der Waals surface area contributed by atoms with E-state index in [1.54, 1.807) is 0 Å². The average molecular weight is 312 g/mol. The van der Waals surface area contributed by atoms with E-state index >= 15 is 0 Å². The Morgan fingerprint density at radius 2 is 2.00 bits per heavy atom. The number of nitrogens with one attached hydrogen (secondary N) is 1. The van der Waals surface area contributed by atoms with Gasteiger partial charge in [-0.15, -0.1) is 0 Å². The summed E-state index contributed by atoms with van der Waals surface area (Å²) >= 11 is 0. The minimum atomic E-state index is -1.57. The maximum absolute atomic E-state index is 11.6. The van der Waals surface area contributed by atoms with Crippen molar-refractivity contribution in [3.8, 4) is 11.5 Å². The molecule has 22 heavy (non-hydrogen) atoms. The van der Waals surface area contributed by atoms with Crippen LogP contribution in [-0.4, -0.2) is 39.9 Å². The molecule has 2 unspecified atom stereocenters. The van der Waals surface area contributed by atoms with E-state index in [1.165, 1.54) is 32.2 Å². The normalized spacial score (nSPS) is 14.9. The van der Waals surface area contributed by atoms with Gasteiger partial charge in [0.05, 0.1) is 7.11 Å². The number of ether oxygens (including phenoxy) is 1. The van der Waals surface area contributed by atoms with Gasteiger partial charge in [-0.1, -0.05) is 6.07 Å². The average Bonchev–Trinajstić information content (AvgIpc) is 2.49. The molecule has 0 saturated heterocycles. The zero-order chi connectivity index (χ0) is 16.9. The number of esters is 1. The van der Waals surface area contributed by atoms with Gasteiger partial charge in [-0.2, -0.15) is 0 Å². The molecule has 0 aromatic heterocycles. The van der Waals surface area contributed by atoms with Crippen LogP contribution in [0.4, 0.5) is 0 Å². The minimum Gasteiger partial charge on any atom is -0.504 e. The summed E-state index contributed by atoms with van der Waals surface area (Å²) in [4.78, 5) is 22.9. The molecule has 0 saturated carbocycles. The summed E-state index contributed by atoms with van der Waals surface area (Å²) in [6, 6.07) is 3.96. The van der Waals surface area contributed by atoms with E-state index in [-0.39, 0.29) is 24.3 Å². The van der Waals surface area contributed by atoms with E-state index in [9.17, 15) is 24.9 Å². The molecule has 0 radical (unpaired) electrons. The lowest BCUT2D eigenvalue weighted by Gasteiger charge is -2.33. The number of benzene rings is 1. The number of phenolic OH excluding ortho intramolecular Hbond substituents is 2. The van der Waals surface area contributed by atoms with Crippen LogP contribution in [0.3, 0.4) is 0 Å². The predicted octanol–water partition coefficient (Wildman–Crippen LogP) is 0.441. The van der Waals surface area contributed by atoms with Crippen molar-refractivity contribution >= 4 is 11.9 Å². The molecule has 0 aliphatic rings. The van der Waals surface area contributed by atoms with Crippen molar-refractivity contribution in [2.24, 2.45) is 5.84 Å². The lowest BCUT2D eigenvalue weighted by molar-refractivity contribution is -0.146. The van der Waals surface area contributed by atoms with Gasteiger partial charge in [0.1, 0.15) is 5.54 Å². The molecule has 0 aliphatic carbocycles. The van der Waals surface area contributed by atoms with Crippen molar-refractivity contribution < 1.29 is 29.6 Å². The van der Waals surface area contributed by atoms with Crippen LogP contribution in [0.1, 0.15) is 31.2 Å². The lowest BCUT2D eigenvalue weighted by Crippen LogP contribution is -2.57. The standard InChI is InChI=1S/C14H20N2O6/c1-14(16-15,13(20)21)9(4-6-12(19)22-2)8-3-5-10(17)11(18)7-8/h3,5,7,9,16-18H,4,6,15H2,1-2H3,(H,20,21). The number of carbonyl (C=O) groups excluding carboxylic acids is 1. The maximum atomic E-state index is 11.6. The lowest BCUT2D eigenvalue weighted by atomic mass is 9.78. The molecule has 0 amide bonds. The van der Waals surface area contributed by atoms with Crippen LogP contribution < -0.4 is 11.3 Å². The summed E-state index contributed by atoms with van der Waals surface area (Å²) in [5.74, 6) is 2.25. The fourth-order valence-electron chi connectivity index (χ4n) is 2.22. The smallest absolute Gasteiger partial charge is 0.325 e. The van der Waals surface area contributed by atoms with Gasteiger partial charge in [0.25, 0.3) is 0 Å². The summed E-state index contributed by atoms with van der Waals surface area (Å²) in [7, 11) is 1.24. The molecule has 2 atom stereocenters. The van der Waals surface area contributed by atoms with E-state index in [0.717, 1.165) is 0 Å². The topological polar surface area (TPSA) is 142 Å². The van der Waals surface area contributed by atoms with Gasteiger partial charge in [-0.25, -0.2) is 5.43 Å². The molecule has 0 fully saturated rings. The molecule has 0 aliphatic heterocycles. The minimum absolute atomic E-state index is 0.0205. The summed E-state index contributed by atoms with van der Waals surface area (Å²) in [6.45, 7) is 1.38. The zero-order valence-corrected chi connectivity index (χ0v) is 12.4. The highest BCUT2D eigenvalue weighted by Gasteiger charge is 2.41. The summed E-state index contributed by atoms with van der Waals surface area (Å²) in [5, 5.41) is 28.4. The molecular weight excluding hydrogens is 292 g/mol. The second kappa shape index (κ2) is 7.10. The van der Waals surface area contributed by atoms with Gasteiger partial charge in [0.15, 0.2) is 11.5 Å². The fourth-order valence-corrected chi connectivity index (χ4v) is 2.22. The van der Waals surface area contributed by atoms with Crippen molar-refractivity contribution in [2.45, 2.75) is 31.2 Å². The number of hydrogen-bond acceptors (Lipinski definition) is 7. The van der Waals surface area contributed by atoms with Crippen molar-refractivity contribution in [1.29, 1.82) is 0 Å². The van der Waals surface area contributed by atoms with Gasteiger partial charge in [-0.3, -0.25) is 15.4 Å². The Labute approximate surface area is 127 Å². The number of aromatic hydroxyl groups is 2. The predicted molar refractivity (Wildman–Crippen MR) is 77.1 cm³/mol. The monoisotopic (exact) mass is 312 g/mol. The number of carbonyl (C=O) groups is 2. The third kappa shape index (κ3) is 3.66. The fraction of sp³-hybridized carbons (Fsp3) is 0.429. The number of rotatable bonds is 7. The number of hydrogen-bond donors (Lipinski definition) is 5. The van der Waals surface area contributed by atoms with Crippen molar-refractivity contribution in [1.82, 2.24) is 5.43 Å². The number of methoxy groups -OCH3 is 1. The van der Waals surface area contributed by atoms with Crippen LogP contribution in [-0.2, 0) is 14.3 Å². The Bertz CT molecular complexity index is 562. The molecule has 0 heterocycles. The summed E-state index contributed by atoms with van der Waals surface area (Å²) in [5.41, 5.74) is 1.10. The van der Waals surface area contributed by atoms with Crippen molar-refractivity contribution in [2.75, 3.05) is 7.11 Å². The number of phenols is 2. The van der Waals surface area contributed by atoms with Gasteiger partial charge < -0.3 is 20.1 Å². The highest BCUT2D eigenvalue weighted by molar-refractivity contribution is 5.80. The van der Waals surface area contributed by atoms with Crippen LogP contribution in [0, 0.1) is 0 Å². The molecule has 1 aromatic rings. The summed E-state index contributed by atoms with van der Waals surface area (Å²) < 4.78 is 4.56. The van der Waals surface area contributed by atoms with E-state index in [1.807, 2.05) is 0 Å². The first-order valence-electron chi connectivity index (χ1n) is 6.56. The highest BCUT2D eigenvalue weighted by Crippen LogP contribution is 2.36. The highest BCUT2D eigenvalue weighted by atomic mass is 16.5. The first-order chi connectivity index (χ1) is 10.3. The Hall–Kier alpha value is -2.32. The van der Waals surface area contributed by atoms with Crippen LogP contribution in [0.2, 0.25) is 0 Å². The third-order valence-corrected chi connectivity index (χ3v) is 3.71. The quantitative estimate of drug-likeness (QED) is 0.211. The second-order valence-corrected chi connectivity index (χ2v) is 5.07. The van der Waals surface area contributed by atoms with Crippen LogP contribution in [0.15, 0.2) is 18.2 Å². The largest absolute Gasteiger partial charge is 0.504 e. The molecule has 6 N–H and O–H groups in total. The van der Waals surface area contributed by atoms with Gasteiger partial charge in [-0.05, 0) is 31.0 Å². The molecule has 122 valence electrons. The van der Waals surface area contributed by atoms with Crippen LogP contribution in [0.5, 0.6) is 11.5 Å². The van der Waals surface area contributed by atoms with Gasteiger partial charge in [0, 0.05) is 12.3 Å². The van der Waals surface area contributed by atoms with Crippen LogP contribution in [0.25, 0.3) is 0 Å². The van der Waals surface area contributed by atoms with E-state index in [2.05, 4.69) is 10.2 Å². The molecule has 8 nitrogen and oxygen atoms in total. The summed E-state index contributed by atoms with van der Waals surface area (Å²) in [6.07, 6.45) is 0.108. The third-order valence-electron chi connectivity index (χ3n) is 3.71. The molecule has 1 rings (SSSR count). The number of hydrazine groups is 1. The number of carboxylic acid groups (broad SMARTS) is 1. The molecule has 8 heteroatoms. The van der Waals surface area contributed by atoms with E-state index in [0.29, 0.717) is 5.56 Å². The van der Waals surface area contributed by atoms with Gasteiger partial charge >= 0.3 is 11.9 Å². The molecule has 1 aromatic carbocycles. The first kappa shape index (κ1) is 17.7. The first-order valence-corrected chi connectivity index (χ1v) is 6.56. The number of nitrogens with two attached hydrogens (primary N) is 1. The second-order valence-electron chi connectivity index (χ2n) is 5.07. The number of aliphatic carboxylic acids is 1. The van der Waals surface area contributed by atoms with Crippen LogP contribution >= 0.6 is 0 Å². The molecule has 0 bridgehead atoms. The van der Waals surface area contributed by atoms with E-state index < -0.39 is 23.4 Å². The Kier molecular flexibility index (Phi) is 5.72. The van der Waals surface area contributed by atoms with Crippen molar-refractivity contribution in [3.05, 3.63) is 23.8 Å². The molecular formula is C14H20N2O6. The SMILES string of the molecule is COC(=O)CCC(c1ccc(O)c(O)c1)C(C)(NN)C(=O)O.